The lowest BCUT2D eigenvalue weighted by Gasteiger charge is -2.24. The van der Waals surface area contributed by atoms with Gasteiger partial charge in [-0.15, -0.1) is 0 Å². The molecule has 0 fully saturated rings. The molecule has 2 amide bonds. The second-order valence-electron chi connectivity index (χ2n) is 6.48. The van der Waals surface area contributed by atoms with Gasteiger partial charge in [0.15, 0.2) is 0 Å². The number of amides is 2. The van der Waals surface area contributed by atoms with E-state index in [4.69, 9.17) is 0 Å². The Morgan fingerprint density at radius 2 is 1.31 bits per heavy atom. The number of nitrogens with one attached hydrogen (secondary N) is 2. The summed E-state index contributed by atoms with van der Waals surface area (Å²) in [5, 5.41) is 5.51. The van der Waals surface area contributed by atoms with E-state index in [1.54, 1.807) is 19.1 Å². The van der Waals surface area contributed by atoms with E-state index in [1.807, 2.05) is 13.8 Å². The largest absolute Gasteiger partial charge is 0.348 e. The van der Waals surface area contributed by atoms with Gasteiger partial charge in [0.05, 0.1) is 6.04 Å². The van der Waals surface area contributed by atoms with Crippen LogP contribution in [-0.2, 0) is 4.79 Å². The van der Waals surface area contributed by atoms with Crippen molar-refractivity contribution in [2.75, 3.05) is 0 Å². The highest BCUT2D eigenvalue weighted by molar-refractivity contribution is 5.97. The topological polar surface area (TPSA) is 58.2 Å². The SMILES string of the molecule is CC(NC(=O)C(NC(=O)c1ccc(F)cc1)C(C)C)c1ccc(F)cc1. The van der Waals surface area contributed by atoms with Gasteiger partial charge in [0.1, 0.15) is 17.7 Å². The van der Waals surface area contributed by atoms with Crippen molar-refractivity contribution < 1.29 is 18.4 Å². The Kier molecular flexibility index (Phi) is 6.44. The molecular weight excluding hydrogens is 338 g/mol. The lowest BCUT2D eigenvalue weighted by Crippen LogP contribution is -2.50. The Balaban J connectivity index is 2.05. The highest BCUT2D eigenvalue weighted by Crippen LogP contribution is 2.14. The van der Waals surface area contributed by atoms with Crippen LogP contribution in [0.1, 0.15) is 42.7 Å². The molecule has 4 nitrogen and oxygen atoms in total. The van der Waals surface area contributed by atoms with Gasteiger partial charge in [-0.05, 0) is 54.8 Å². The Morgan fingerprint density at radius 1 is 0.808 bits per heavy atom. The average molecular weight is 360 g/mol. The maximum Gasteiger partial charge on any atom is 0.251 e. The molecule has 2 N–H and O–H groups in total. The van der Waals surface area contributed by atoms with Crippen molar-refractivity contribution in [2.24, 2.45) is 5.92 Å². The minimum atomic E-state index is -0.754. The predicted octanol–water partition coefficient (Wildman–Crippen LogP) is 3.60. The first-order valence-corrected chi connectivity index (χ1v) is 8.40. The number of halogens is 2. The minimum absolute atomic E-state index is 0.153. The quantitative estimate of drug-likeness (QED) is 0.827. The van der Waals surface area contributed by atoms with Gasteiger partial charge in [0.25, 0.3) is 5.91 Å². The Labute approximate surface area is 151 Å². The number of hydrogen-bond acceptors (Lipinski definition) is 2. The van der Waals surface area contributed by atoms with Crippen LogP contribution in [0.3, 0.4) is 0 Å². The van der Waals surface area contributed by atoms with Gasteiger partial charge in [-0.3, -0.25) is 9.59 Å². The standard InChI is InChI=1S/C20H22F2N2O2/c1-12(2)18(24-19(25)15-6-10-17(22)11-7-15)20(26)23-13(3)14-4-8-16(21)9-5-14/h4-13,18H,1-3H3,(H,23,26)(H,24,25). The second kappa shape index (κ2) is 8.56. The van der Waals surface area contributed by atoms with E-state index in [2.05, 4.69) is 10.6 Å². The van der Waals surface area contributed by atoms with Crippen molar-refractivity contribution in [1.29, 1.82) is 0 Å². The van der Waals surface area contributed by atoms with Gasteiger partial charge in [-0.2, -0.15) is 0 Å². The maximum absolute atomic E-state index is 13.0. The van der Waals surface area contributed by atoms with Crippen LogP contribution in [0.2, 0.25) is 0 Å². The molecule has 2 aromatic carbocycles. The summed E-state index contributed by atoms with van der Waals surface area (Å²) in [6.07, 6.45) is 0. The van der Waals surface area contributed by atoms with Crippen LogP contribution in [0.5, 0.6) is 0 Å². The molecule has 0 aliphatic rings. The summed E-state index contributed by atoms with van der Waals surface area (Å²) < 4.78 is 26.0. The first kappa shape index (κ1) is 19.6. The molecule has 0 spiro atoms. The zero-order chi connectivity index (χ0) is 19.3. The van der Waals surface area contributed by atoms with E-state index in [9.17, 15) is 18.4 Å². The molecule has 0 aliphatic carbocycles. The molecule has 0 saturated carbocycles. The number of benzene rings is 2. The van der Waals surface area contributed by atoms with Crippen molar-refractivity contribution in [3.8, 4) is 0 Å². The van der Waals surface area contributed by atoms with Crippen molar-refractivity contribution >= 4 is 11.8 Å². The van der Waals surface area contributed by atoms with Crippen LogP contribution in [0, 0.1) is 17.6 Å². The lowest BCUT2D eigenvalue weighted by atomic mass is 10.0. The van der Waals surface area contributed by atoms with Gasteiger partial charge >= 0.3 is 0 Å². The molecule has 2 unspecified atom stereocenters. The van der Waals surface area contributed by atoms with E-state index in [0.29, 0.717) is 0 Å². The molecule has 2 rings (SSSR count). The zero-order valence-corrected chi connectivity index (χ0v) is 14.9. The molecule has 0 saturated heterocycles. The average Bonchev–Trinajstić information content (AvgIpc) is 2.60. The third-order valence-electron chi connectivity index (χ3n) is 4.07. The fourth-order valence-electron chi connectivity index (χ4n) is 2.50. The zero-order valence-electron chi connectivity index (χ0n) is 14.9. The summed E-state index contributed by atoms with van der Waals surface area (Å²) in [4.78, 5) is 24.9. The monoisotopic (exact) mass is 360 g/mol. The van der Waals surface area contributed by atoms with Crippen molar-refractivity contribution in [3.05, 3.63) is 71.3 Å². The fraction of sp³-hybridized carbons (Fsp3) is 0.300. The van der Waals surface area contributed by atoms with Gasteiger partial charge < -0.3 is 10.6 Å². The molecule has 2 aromatic rings. The van der Waals surface area contributed by atoms with Crippen LogP contribution in [-0.4, -0.2) is 17.9 Å². The number of rotatable bonds is 6. The summed E-state index contributed by atoms with van der Waals surface area (Å²) in [6.45, 7) is 5.42. The summed E-state index contributed by atoms with van der Waals surface area (Å²) in [6, 6.07) is 9.86. The van der Waals surface area contributed by atoms with Crippen LogP contribution < -0.4 is 10.6 Å². The molecule has 0 heterocycles. The first-order valence-electron chi connectivity index (χ1n) is 8.40. The molecular formula is C20H22F2N2O2. The molecule has 6 heteroatoms. The molecule has 26 heavy (non-hydrogen) atoms. The molecule has 0 aliphatic heterocycles. The Morgan fingerprint density at radius 3 is 1.81 bits per heavy atom. The van der Waals surface area contributed by atoms with Crippen LogP contribution in [0.25, 0.3) is 0 Å². The summed E-state index contributed by atoms with van der Waals surface area (Å²) in [7, 11) is 0. The van der Waals surface area contributed by atoms with E-state index in [1.165, 1.54) is 36.4 Å². The minimum Gasteiger partial charge on any atom is -0.348 e. The van der Waals surface area contributed by atoms with Crippen molar-refractivity contribution in [1.82, 2.24) is 10.6 Å². The van der Waals surface area contributed by atoms with Crippen molar-refractivity contribution in [2.45, 2.75) is 32.9 Å². The van der Waals surface area contributed by atoms with E-state index in [-0.39, 0.29) is 29.2 Å². The van der Waals surface area contributed by atoms with Crippen LogP contribution in [0.15, 0.2) is 48.5 Å². The summed E-state index contributed by atoms with van der Waals surface area (Å²) in [5.74, 6) is -1.73. The smallest absolute Gasteiger partial charge is 0.251 e. The Bertz CT molecular complexity index is 758. The van der Waals surface area contributed by atoms with Gasteiger partial charge in [0.2, 0.25) is 5.91 Å². The molecule has 138 valence electrons. The van der Waals surface area contributed by atoms with Gasteiger partial charge in [-0.25, -0.2) is 8.78 Å². The highest BCUT2D eigenvalue weighted by Gasteiger charge is 2.26. The Hall–Kier alpha value is -2.76. The van der Waals surface area contributed by atoms with Gasteiger partial charge in [0, 0.05) is 5.56 Å². The second-order valence-corrected chi connectivity index (χ2v) is 6.48. The van der Waals surface area contributed by atoms with E-state index >= 15 is 0 Å². The van der Waals surface area contributed by atoms with Crippen molar-refractivity contribution in [3.63, 3.8) is 0 Å². The molecule has 0 radical (unpaired) electrons. The highest BCUT2D eigenvalue weighted by atomic mass is 19.1. The fourth-order valence-corrected chi connectivity index (χ4v) is 2.50. The number of carbonyl (C=O) groups excluding carboxylic acids is 2. The van der Waals surface area contributed by atoms with Gasteiger partial charge in [-0.1, -0.05) is 26.0 Å². The molecule has 2 atom stereocenters. The lowest BCUT2D eigenvalue weighted by molar-refractivity contribution is -0.124. The normalized spacial score (nSPS) is 13.2. The molecule has 0 bridgehead atoms. The van der Waals surface area contributed by atoms with E-state index < -0.39 is 17.8 Å². The third-order valence-corrected chi connectivity index (χ3v) is 4.07. The van der Waals surface area contributed by atoms with Crippen LogP contribution >= 0.6 is 0 Å². The number of carbonyl (C=O) groups is 2. The summed E-state index contributed by atoms with van der Waals surface area (Å²) in [5.41, 5.74) is 1.03. The van der Waals surface area contributed by atoms with Crippen LogP contribution in [0.4, 0.5) is 8.78 Å². The number of hydrogen-bond donors (Lipinski definition) is 2. The molecule has 0 aromatic heterocycles. The maximum atomic E-state index is 13.0. The predicted molar refractivity (Wildman–Crippen MR) is 95.4 cm³/mol. The summed E-state index contributed by atoms with van der Waals surface area (Å²) >= 11 is 0. The van der Waals surface area contributed by atoms with E-state index in [0.717, 1.165) is 5.56 Å². The first-order chi connectivity index (χ1) is 12.3. The third kappa shape index (κ3) is 5.12.